The number of aromatic amines is 1. The van der Waals surface area contributed by atoms with Crippen molar-refractivity contribution in [1.82, 2.24) is 15.0 Å². The van der Waals surface area contributed by atoms with Crippen LogP contribution in [0.3, 0.4) is 0 Å². The number of methoxy groups -OCH3 is 1. The number of benzene rings is 2. The molecule has 0 spiro atoms. The Hall–Kier alpha value is -3.63. The number of H-pyrrole nitrogens is 1. The highest BCUT2D eigenvalue weighted by molar-refractivity contribution is 5.96. The number of rotatable bonds is 7. The Balaban J connectivity index is 1.88. The third-order valence-corrected chi connectivity index (χ3v) is 5.28. The lowest BCUT2D eigenvalue weighted by molar-refractivity contribution is -0.248. The summed E-state index contributed by atoms with van der Waals surface area (Å²) < 4.78 is 53.2. The molecule has 0 aliphatic heterocycles. The molecule has 33 heavy (non-hydrogen) atoms. The minimum atomic E-state index is -4.97. The van der Waals surface area contributed by atoms with Crippen LogP contribution < -0.4 is 10.5 Å². The molecule has 4 N–H and O–H groups in total. The lowest BCUT2D eigenvalue weighted by atomic mass is 9.85. The van der Waals surface area contributed by atoms with E-state index in [1.807, 2.05) is 0 Å². The zero-order chi connectivity index (χ0) is 23.6. The fraction of sp³-hybridized carbons (Fsp3) is 0.217. The Morgan fingerprint density at radius 1 is 1.06 bits per heavy atom. The summed E-state index contributed by atoms with van der Waals surface area (Å²) in [5, 5.41) is 11.4. The van der Waals surface area contributed by atoms with Gasteiger partial charge in [-0.3, -0.25) is 0 Å². The van der Waals surface area contributed by atoms with Gasteiger partial charge in [-0.25, -0.2) is 9.97 Å². The first-order valence-electron chi connectivity index (χ1n) is 9.96. The molecule has 7 nitrogen and oxygen atoms in total. The highest BCUT2D eigenvalue weighted by Crippen LogP contribution is 2.45. The first-order chi connectivity index (χ1) is 15.8. The maximum Gasteiger partial charge on any atom is 0.425 e. The molecule has 172 valence electrons. The summed E-state index contributed by atoms with van der Waals surface area (Å²) in [6, 6.07) is 11.0. The number of nitrogen functional groups attached to an aromatic ring is 1. The van der Waals surface area contributed by atoms with Crippen LogP contribution in [0.25, 0.3) is 22.2 Å². The second-order valence-corrected chi connectivity index (χ2v) is 7.32. The Kier molecular flexibility index (Phi) is 5.96. The zero-order valence-electron chi connectivity index (χ0n) is 17.6. The maximum absolute atomic E-state index is 14.2. The predicted molar refractivity (Wildman–Crippen MR) is 117 cm³/mol. The van der Waals surface area contributed by atoms with Crippen LogP contribution in [0.1, 0.15) is 11.1 Å². The first kappa shape index (κ1) is 22.6. The van der Waals surface area contributed by atoms with Gasteiger partial charge in [0.05, 0.1) is 12.8 Å². The average molecular weight is 458 g/mol. The van der Waals surface area contributed by atoms with E-state index in [0.717, 1.165) is 0 Å². The van der Waals surface area contributed by atoms with Crippen LogP contribution in [-0.4, -0.2) is 46.6 Å². The minimum absolute atomic E-state index is 0.0225. The molecule has 2 aromatic heterocycles. The summed E-state index contributed by atoms with van der Waals surface area (Å²) in [7, 11) is 1.53. The lowest BCUT2D eigenvalue weighted by Crippen LogP contribution is -2.43. The number of ether oxygens (including phenoxy) is 2. The average Bonchev–Trinajstić information content (AvgIpc) is 3.22. The molecule has 0 fully saturated rings. The molecule has 0 saturated heterocycles. The smallest absolute Gasteiger partial charge is 0.425 e. The van der Waals surface area contributed by atoms with E-state index >= 15 is 0 Å². The molecule has 0 saturated carbocycles. The third kappa shape index (κ3) is 4.10. The maximum atomic E-state index is 14.2. The van der Waals surface area contributed by atoms with Crippen molar-refractivity contribution in [2.24, 2.45) is 0 Å². The SMILES string of the molecule is COCCOc1cnc(N)nc1-c1c[nH]c2ccc(C(O)(c3ccccc3)C(F)(F)F)cc12. The van der Waals surface area contributed by atoms with Gasteiger partial charge in [0.15, 0.2) is 5.75 Å². The van der Waals surface area contributed by atoms with Crippen molar-refractivity contribution in [2.75, 3.05) is 26.1 Å². The number of nitrogens with zero attached hydrogens (tertiary/aromatic N) is 2. The van der Waals surface area contributed by atoms with E-state index in [4.69, 9.17) is 15.2 Å². The van der Waals surface area contributed by atoms with E-state index in [1.165, 1.54) is 55.8 Å². The van der Waals surface area contributed by atoms with Crippen molar-refractivity contribution < 1.29 is 27.8 Å². The van der Waals surface area contributed by atoms with E-state index in [9.17, 15) is 18.3 Å². The van der Waals surface area contributed by atoms with Crippen molar-refractivity contribution in [2.45, 2.75) is 11.8 Å². The highest BCUT2D eigenvalue weighted by Gasteiger charge is 2.56. The minimum Gasteiger partial charge on any atom is -0.487 e. The van der Waals surface area contributed by atoms with Gasteiger partial charge in [-0.2, -0.15) is 13.2 Å². The van der Waals surface area contributed by atoms with E-state index < -0.39 is 11.8 Å². The molecule has 1 unspecified atom stereocenters. The van der Waals surface area contributed by atoms with E-state index in [0.29, 0.717) is 34.5 Å². The monoisotopic (exact) mass is 458 g/mol. The summed E-state index contributed by atoms with van der Waals surface area (Å²) in [4.78, 5) is 11.2. The van der Waals surface area contributed by atoms with Crippen molar-refractivity contribution in [1.29, 1.82) is 0 Å². The second kappa shape index (κ2) is 8.72. The van der Waals surface area contributed by atoms with Crippen LogP contribution in [0.4, 0.5) is 19.1 Å². The Morgan fingerprint density at radius 3 is 2.52 bits per heavy atom. The van der Waals surface area contributed by atoms with Gasteiger partial charge in [0, 0.05) is 29.8 Å². The van der Waals surface area contributed by atoms with Gasteiger partial charge >= 0.3 is 6.18 Å². The molecule has 1 atom stereocenters. The number of halogens is 3. The number of aromatic nitrogens is 3. The van der Waals surface area contributed by atoms with Crippen LogP contribution in [0.15, 0.2) is 60.9 Å². The largest absolute Gasteiger partial charge is 0.487 e. The van der Waals surface area contributed by atoms with E-state index in [2.05, 4.69) is 15.0 Å². The summed E-state index contributed by atoms with van der Waals surface area (Å²) in [6.45, 7) is 0.532. The van der Waals surface area contributed by atoms with Crippen molar-refractivity contribution >= 4 is 16.9 Å². The van der Waals surface area contributed by atoms with Crippen molar-refractivity contribution in [3.63, 3.8) is 0 Å². The Morgan fingerprint density at radius 2 is 1.82 bits per heavy atom. The third-order valence-electron chi connectivity index (χ3n) is 5.28. The standard InChI is InChI=1S/C23H21F3N4O3/c1-32-9-10-33-19-13-29-21(27)30-20(19)17-12-28-18-8-7-15(11-16(17)18)22(31,23(24,25)26)14-5-3-2-4-6-14/h2-8,11-13,28,31H,9-10H2,1H3,(H2,27,29,30). The van der Waals surface area contributed by atoms with Gasteiger partial charge in [0.2, 0.25) is 11.5 Å². The summed E-state index contributed by atoms with van der Waals surface area (Å²) in [6.07, 6.45) is -1.98. The van der Waals surface area contributed by atoms with E-state index in [1.54, 1.807) is 12.3 Å². The quantitative estimate of drug-likeness (QED) is 0.361. The van der Waals surface area contributed by atoms with Crippen LogP contribution in [0, 0.1) is 0 Å². The van der Waals surface area contributed by atoms with Gasteiger partial charge in [-0.15, -0.1) is 0 Å². The summed E-state index contributed by atoms with van der Waals surface area (Å²) in [5.74, 6) is 0.271. The molecule has 0 bridgehead atoms. The number of alkyl halides is 3. The van der Waals surface area contributed by atoms with Gasteiger partial charge in [-0.05, 0) is 23.3 Å². The molecule has 4 aromatic rings. The second-order valence-electron chi connectivity index (χ2n) is 7.32. The number of hydrogen-bond acceptors (Lipinski definition) is 6. The first-order valence-corrected chi connectivity index (χ1v) is 9.96. The number of anilines is 1. The van der Waals surface area contributed by atoms with Crippen molar-refractivity contribution in [3.8, 4) is 17.0 Å². The van der Waals surface area contributed by atoms with Crippen LogP contribution in [0.2, 0.25) is 0 Å². The van der Waals surface area contributed by atoms with Gasteiger partial charge in [0.25, 0.3) is 0 Å². The molecule has 4 rings (SSSR count). The fourth-order valence-electron chi connectivity index (χ4n) is 3.63. The number of nitrogens with one attached hydrogen (secondary N) is 1. The Labute approximate surface area is 187 Å². The number of aliphatic hydroxyl groups is 1. The molecular weight excluding hydrogens is 437 g/mol. The normalized spacial score (nSPS) is 13.7. The molecule has 0 aliphatic rings. The van der Waals surface area contributed by atoms with Gasteiger partial charge in [0.1, 0.15) is 12.3 Å². The Bertz CT molecular complexity index is 1260. The van der Waals surface area contributed by atoms with Crippen LogP contribution in [0.5, 0.6) is 5.75 Å². The van der Waals surface area contributed by atoms with E-state index in [-0.39, 0.29) is 23.7 Å². The molecule has 10 heteroatoms. The van der Waals surface area contributed by atoms with Crippen LogP contribution >= 0.6 is 0 Å². The highest BCUT2D eigenvalue weighted by atomic mass is 19.4. The van der Waals surface area contributed by atoms with Gasteiger partial charge in [-0.1, -0.05) is 36.4 Å². The molecule has 0 amide bonds. The topological polar surface area (TPSA) is 106 Å². The predicted octanol–water partition coefficient (Wildman–Crippen LogP) is 4.03. The number of fused-ring (bicyclic) bond motifs is 1. The van der Waals surface area contributed by atoms with Crippen LogP contribution in [-0.2, 0) is 10.3 Å². The number of nitrogens with two attached hydrogens (primary N) is 1. The molecule has 0 radical (unpaired) electrons. The van der Waals surface area contributed by atoms with Gasteiger partial charge < -0.3 is 25.3 Å². The zero-order valence-corrected chi connectivity index (χ0v) is 17.6. The summed E-state index contributed by atoms with van der Waals surface area (Å²) in [5.41, 5.74) is 3.23. The van der Waals surface area contributed by atoms with Crippen molar-refractivity contribution in [3.05, 3.63) is 72.1 Å². The molecule has 2 heterocycles. The molecular formula is C23H21F3N4O3. The summed E-state index contributed by atoms with van der Waals surface area (Å²) >= 11 is 0. The molecule has 0 aliphatic carbocycles. The number of hydrogen-bond donors (Lipinski definition) is 3. The molecule has 2 aromatic carbocycles. The fourth-order valence-corrected chi connectivity index (χ4v) is 3.63. The lowest BCUT2D eigenvalue weighted by Gasteiger charge is -2.31.